The Morgan fingerprint density at radius 3 is 2.29 bits per heavy atom. The summed E-state index contributed by atoms with van der Waals surface area (Å²) in [6.07, 6.45) is 6.15. The van der Waals surface area contributed by atoms with Gasteiger partial charge in [-0.15, -0.1) is 0 Å². The van der Waals surface area contributed by atoms with Crippen LogP contribution in [0.15, 0.2) is 0 Å². The van der Waals surface area contributed by atoms with Crippen molar-refractivity contribution < 1.29 is 4.79 Å². The van der Waals surface area contributed by atoms with Crippen molar-refractivity contribution >= 4 is 5.91 Å². The van der Waals surface area contributed by atoms with E-state index < -0.39 is 0 Å². The van der Waals surface area contributed by atoms with Gasteiger partial charge in [-0.3, -0.25) is 4.79 Å². The van der Waals surface area contributed by atoms with Crippen LogP contribution in [0, 0.1) is 23.2 Å². The molecule has 2 saturated carbocycles. The number of carbonyl (C=O) groups is 1. The van der Waals surface area contributed by atoms with E-state index in [1.807, 2.05) is 0 Å². The maximum absolute atomic E-state index is 12.0. The first-order valence-electron chi connectivity index (χ1n) is 7.20. The lowest BCUT2D eigenvalue weighted by molar-refractivity contribution is -0.124. The standard InChI is InChI=1S/C15H27NO/c1-10-9-11(10)14(17)16-13-8-6-5-7-12(13)15(2,3)4/h10-13H,5-9H2,1-4H3,(H,16,17)/t10-,11+,12-,13-/m1/s1. The number of amides is 1. The van der Waals surface area contributed by atoms with Gasteiger partial charge in [0.1, 0.15) is 0 Å². The van der Waals surface area contributed by atoms with Crippen LogP contribution in [0.4, 0.5) is 0 Å². The number of nitrogens with one attached hydrogen (secondary N) is 1. The van der Waals surface area contributed by atoms with Gasteiger partial charge in [-0.1, -0.05) is 40.5 Å². The van der Waals surface area contributed by atoms with Gasteiger partial charge < -0.3 is 5.32 Å². The summed E-state index contributed by atoms with van der Waals surface area (Å²) in [6.45, 7) is 9.10. The molecule has 0 radical (unpaired) electrons. The van der Waals surface area contributed by atoms with Crippen LogP contribution in [-0.2, 0) is 4.79 Å². The molecular weight excluding hydrogens is 210 g/mol. The van der Waals surface area contributed by atoms with Gasteiger partial charge >= 0.3 is 0 Å². The molecule has 1 N–H and O–H groups in total. The largest absolute Gasteiger partial charge is 0.353 e. The van der Waals surface area contributed by atoms with Gasteiger partial charge in [-0.2, -0.15) is 0 Å². The maximum atomic E-state index is 12.0. The van der Waals surface area contributed by atoms with E-state index in [0.717, 1.165) is 6.42 Å². The Morgan fingerprint density at radius 1 is 1.18 bits per heavy atom. The molecule has 0 aliphatic heterocycles. The van der Waals surface area contributed by atoms with Gasteiger partial charge in [0.15, 0.2) is 0 Å². The zero-order valence-electron chi connectivity index (χ0n) is 11.8. The normalized spacial score (nSPS) is 37.6. The Bertz CT molecular complexity index is 292. The summed E-state index contributed by atoms with van der Waals surface area (Å²) in [5.74, 6) is 1.90. The Labute approximate surface area is 106 Å². The summed E-state index contributed by atoms with van der Waals surface area (Å²) < 4.78 is 0. The average Bonchev–Trinajstić information content (AvgIpc) is 2.95. The fourth-order valence-corrected chi connectivity index (χ4v) is 3.32. The molecule has 0 saturated heterocycles. The Hall–Kier alpha value is -0.530. The first-order chi connectivity index (χ1) is 7.89. The van der Waals surface area contributed by atoms with Crippen LogP contribution in [0.2, 0.25) is 0 Å². The van der Waals surface area contributed by atoms with Crippen molar-refractivity contribution in [1.29, 1.82) is 0 Å². The third-order valence-corrected chi connectivity index (χ3v) is 4.65. The second-order valence-corrected chi connectivity index (χ2v) is 7.19. The van der Waals surface area contributed by atoms with Crippen molar-refractivity contribution in [2.75, 3.05) is 0 Å². The zero-order valence-corrected chi connectivity index (χ0v) is 11.8. The molecule has 2 rings (SSSR count). The maximum Gasteiger partial charge on any atom is 0.223 e. The molecule has 0 heterocycles. The molecular formula is C15H27NO. The van der Waals surface area contributed by atoms with Gasteiger partial charge in [0, 0.05) is 12.0 Å². The minimum Gasteiger partial charge on any atom is -0.353 e. The predicted octanol–water partition coefficient (Wildman–Crippen LogP) is 3.36. The third-order valence-electron chi connectivity index (χ3n) is 4.65. The number of carbonyl (C=O) groups excluding carboxylic acids is 1. The van der Waals surface area contributed by atoms with E-state index in [-0.39, 0.29) is 0 Å². The molecule has 2 aliphatic carbocycles. The third kappa shape index (κ3) is 3.02. The van der Waals surface area contributed by atoms with Crippen LogP contribution in [0.3, 0.4) is 0 Å². The van der Waals surface area contributed by atoms with Crippen LogP contribution < -0.4 is 5.32 Å². The monoisotopic (exact) mass is 237 g/mol. The quantitative estimate of drug-likeness (QED) is 0.784. The Kier molecular flexibility index (Phi) is 3.51. The second-order valence-electron chi connectivity index (χ2n) is 7.19. The molecule has 2 nitrogen and oxygen atoms in total. The van der Waals surface area contributed by atoms with Crippen LogP contribution in [0.5, 0.6) is 0 Å². The van der Waals surface area contributed by atoms with Crippen LogP contribution in [-0.4, -0.2) is 11.9 Å². The SMILES string of the molecule is C[C@@H]1C[C@@H]1C(=O)N[C@@H]1CCCC[C@H]1C(C)(C)C. The molecule has 98 valence electrons. The van der Waals surface area contributed by atoms with E-state index in [1.165, 1.54) is 25.7 Å². The van der Waals surface area contributed by atoms with Crippen LogP contribution in [0.1, 0.15) is 59.8 Å². The van der Waals surface area contributed by atoms with Crippen molar-refractivity contribution in [3.05, 3.63) is 0 Å². The summed E-state index contributed by atoms with van der Waals surface area (Å²) in [6, 6.07) is 0.420. The first kappa shape index (κ1) is 12.9. The number of hydrogen-bond acceptors (Lipinski definition) is 1. The Balaban J connectivity index is 1.94. The average molecular weight is 237 g/mol. The highest BCUT2D eigenvalue weighted by atomic mass is 16.2. The van der Waals surface area contributed by atoms with Gasteiger partial charge in [-0.25, -0.2) is 0 Å². The fourth-order valence-electron chi connectivity index (χ4n) is 3.32. The van der Waals surface area contributed by atoms with E-state index in [9.17, 15) is 4.79 Å². The number of rotatable bonds is 2. The molecule has 0 spiro atoms. The lowest BCUT2D eigenvalue weighted by Gasteiger charge is -2.40. The minimum absolute atomic E-state index is 0.313. The van der Waals surface area contributed by atoms with Gasteiger partial charge in [0.05, 0.1) is 0 Å². The predicted molar refractivity (Wildman–Crippen MR) is 70.6 cm³/mol. The lowest BCUT2D eigenvalue weighted by Crippen LogP contribution is -2.47. The highest BCUT2D eigenvalue weighted by Gasteiger charge is 2.42. The van der Waals surface area contributed by atoms with Gasteiger partial charge in [0.25, 0.3) is 0 Å². The van der Waals surface area contributed by atoms with Crippen molar-refractivity contribution in [1.82, 2.24) is 5.32 Å². The van der Waals surface area contributed by atoms with Crippen LogP contribution >= 0.6 is 0 Å². The van der Waals surface area contributed by atoms with Gasteiger partial charge in [0.2, 0.25) is 5.91 Å². The topological polar surface area (TPSA) is 29.1 Å². The molecule has 0 aromatic heterocycles. The van der Waals surface area contributed by atoms with Crippen molar-refractivity contribution in [2.45, 2.75) is 65.8 Å². The van der Waals surface area contributed by atoms with E-state index in [2.05, 4.69) is 33.0 Å². The van der Waals surface area contributed by atoms with Crippen molar-refractivity contribution in [3.63, 3.8) is 0 Å². The molecule has 17 heavy (non-hydrogen) atoms. The summed E-state index contributed by atoms with van der Waals surface area (Å²) in [5.41, 5.74) is 0.313. The van der Waals surface area contributed by atoms with E-state index in [0.29, 0.717) is 35.1 Å². The summed E-state index contributed by atoms with van der Waals surface area (Å²) in [7, 11) is 0. The summed E-state index contributed by atoms with van der Waals surface area (Å²) in [5, 5.41) is 3.33. The minimum atomic E-state index is 0.313. The molecule has 4 atom stereocenters. The molecule has 0 aromatic rings. The van der Waals surface area contributed by atoms with Crippen molar-refractivity contribution in [2.24, 2.45) is 23.2 Å². The zero-order chi connectivity index (χ0) is 12.6. The highest BCUT2D eigenvalue weighted by molar-refractivity contribution is 5.81. The molecule has 0 bridgehead atoms. The van der Waals surface area contributed by atoms with E-state index in [4.69, 9.17) is 0 Å². The van der Waals surface area contributed by atoms with E-state index in [1.54, 1.807) is 0 Å². The second kappa shape index (κ2) is 4.62. The van der Waals surface area contributed by atoms with Crippen LogP contribution in [0.25, 0.3) is 0 Å². The molecule has 0 aromatic carbocycles. The summed E-state index contributed by atoms with van der Waals surface area (Å²) >= 11 is 0. The van der Waals surface area contributed by atoms with Gasteiger partial charge in [-0.05, 0) is 36.5 Å². The van der Waals surface area contributed by atoms with E-state index >= 15 is 0 Å². The molecule has 2 heteroatoms. The Morgan fingerprint density at radius 2 is 1.76 bits per heavy atom. The van der Waals surface area contributed by atoms with Crippen molar-refractivity contribution in [3.8, 4) is 0 Å². The molecule has 1 amide bonds. The molecule has 2 fully saturated rings. The molecule has 2 aliphatic rings. The first-order valence-corrected chi connectivity index (χ1v) is 7.20. The fraction of sp³-hybridized carbons (Fsp3) is 0.933. The molecule has 0 unspecified atom stereocenters. The highest BCUT2D eigenvalue weighted by Crippen LogP contribution is 2.40. The number of hydrogen-bond donors (Lipinski definition) is 1. The summed E-state index contributed by atoms with van der Waals surface area (Å²) in [4.78, 5) is 12.0. The lowest BCUT2D eigenvalue weighted by atomic mass is 9.69. The smallest absolute Gasteiger partial charge is 0.223 e.